The summed E-state index contributed by atoms with van der Waals surface area (Å²) < 4.78 is 24.3. The normalized spacial score (nSPS) is 17.9. The van der Waals surface area contributed by atoms with Crippen molar-refractivity contribution in [2.45, 2.75) is 24.7 Å². The Morgan fingerprint density at radius 2 is 2.11 bits per heavy atom. The number of rotatable bonds is 3. The molecule has 2 N–H and O–H groups in total. The van der Waals surface area contributed by atoms with E-state index in [-0.39, 0.29) is 5.75 Å². The number of nitrogens with two attached hydrogens (primary N) is 1. The van der Waals surface area contributed by atoms with E-state index in [9.17, 15) is 8.42 Å². The number of anilines is 1. The van der Waals surface area contributed by atoms with E-state index in [1.54, 1.807) is 0 Å². The Morgan fingerprint density at radius 3 is 2.72 bits per heavy atom. The standard InChI is InChI=1S/C13H20N2O2S/c1-10(2)11-3-4-12-13(9-11)18(16,17)8-7-15(12)6-5-14/h3-4,9-10H,5-8,14H2,1-2H3. The molecule has 0 atom stereocenters. The molecule has 2 rings (SSSR count). The summed E-state index contributed by atoms with van der Waals surface area (Å²) >= 11 is 0. The van der Waals surface area contributed by atoms with Crippen molar-refractivity contribution in [3.63, 3.8) is 0 Å². The van der Waals surface area contributed by atoms with Crippen LogP contribution in [0.25, 0.3) is 0 Å². The van der Waals surface area contributed by atoms with E-state index >= 15 is 0 Å². The molecule has 18 heavy (non-hydrogen) atoms. The molecule has 0 fully saturated rings. The van der Waals surface area contributed by atoms with Gasteiger partial charge in [0.2, 0.25) is 0 Å². The predicted molar refractivity (Wildman–Crippen MR) is 73.9 cm³/mol. The second-order valence-corrected chi connectivity index (χ2v) is 7.05. The summed E-state index contributed by atoms with van der Waals surface area (Å²) in [6.45, 7) is 5.90. The van der Waals surface area contributed by atoms with Crippen molar-refractivity contribution >= 4 is 15.5 Å². The van der Waals surface area contributed by atoms with Gasteiger partial charge in [-0.1, -0.05) is 19.9 Å². The van der Waals surface area contributed by atoms with Crippen LogP contribution < -0.4 is 10.6 Å². The Morgan fingerprint density at radius 1 is 1.39 bits per heavy atom. The lowest BCUT2D eigenvalue weighted by molar-refractivity contribution is 0.589. The minimum Gasteiger partial charge on any atom is -0.368 e. The Bertz CT molecular complexity index is 538. The minimum atomic E-state index is -3.13. The third kappa shape index (κ3) is 2.37. The SMILES string of the molecule is CC(C)c1ccc2c(c1)S(=O)(=O)CCN2CCN. The minimum absolute atomic E-state index is 0.182. The van der Waals surface area contributed by atoms with Crippen molar-refractivity contribution in [3.05, 3.63) is 23.8 Å². The van der Waals surface area contributed by atoms with Gasteiger partial charge in [0.05, 0.1) is 16.3 Å². The smallest absolute Gasteiger partial charge is 0.182 e. The Kier molecular flexibility index (Phi) is 3.64. The Labute approximate surface area is 109 Å². The van der Waals surface area contributed by atoms with Gasteiger partial charge in [-0.3, -0.25) is 0 Å². The van der Waals surface area contributed by atoms with E-state index in [1.165, 1.54) is 0 Å². The maximum atomic E-state index is 12.1. The highest BCUT2D eigenvalue weighted by Gasteiger charge is 2.28. The molecule has 1 heterocycles. The molecule has 100 valence electrons. The summed E-state index contributed by atoms with van der Waals surface area (Å²) in [5.41, 5.74) is 7.44. The first-order valence-electron chi connectivity index (χ1n) is 6.27. The van der Waals surface area contributed by atoms with Crippen molar-refractivity contribution < 1.29 is 8.42 Å². The molecule has 0 spiro atoms. The molecule has 0 radical (unpaired) electrons. The maximum absolute atomic E-state index is 12.1. The van der Waals surface area contributed by atoms with Gasteiger partial charge in [-0.05, 0) is 23.6 Å². The zero-order valence-electron chi connectivity index (χ0n) is 10.9. The second kappa shape index (κ2) is 4.90. The molecule has 0 amide bonds. The van der Waals surface area contributed by atoms with E-state index < -0.39 is 9.84 Å². The molecule has 1 aromatic rings. The number of hydrogen-bond donors (Lipinski definition) is 1. The van der Waals surface area contributed by atoms with Crippen molar-refractivity contribution in [2.24, 2.45) is 5.73 Å². The van der Waals surface area contributed by atoms with E-state index in [0.29, 0.717) is 30.4 Å². The number of fused-ring (bicyclic) bond motifs is 1. The summed E-state index contributed by atoms with van der Waals surface area (Å²) in [6, 6.07) is 5.74. The molecule has 0 unspecified atom stereocenters. The summed E-state index contributed by atoms with van der Waals surface area (Å²) in [4.78, 5) is 2.52. The van der Waals surface area contributed by atoms with Crippen LogP contribution in [0, 0.1) is 0 Å². The van der Waals surface area contributed by atoms with Crippen LogP contribution in [-0.4, -0.2) is 33.8 Å². The zero-order chi connectivity index (χ0) is 13.3. The highest BCUT2D eigenvalue weighted by molar-refractivity contribution is 7.91. The highest BCUT2D eigenvalue weighted by Crippen LogP contribution is 2.32. The van der Waals surface area contributed by atoms with E-state index in [0.717, 1.165) is 11.3 Å². The lowest BCUT2D eigenvalue weighted by Crippen LogP contribution is -2.38. The fourth-order valence-corrected chi connectivity index (χ4v) is 3.76. The number of nitrogens with zero attached hydrogens (tertiary/aromatic N) is 1. The lowest BCUT2D eigenvalue weighted by Gasteiger charge is -2.31. The third-order valence-electron chi connectivity index (χ3n) is 3.36. The van der Waals surface area contributed by atoms with Crippen LogP contribution in [0.3, 0.4) is 0 Å². The molecular formula is C13H20N2O2S. The summed E-state index contributed by atoms with van der Waals surface area (Å²) in [5, 5.41) is 0. The number of sulfone groups is 1. The molecular weight excluding hydrogens is 248 g/mol. The molecule has 5 heteroatoms. The highest BCUT2D eigenvalue weighted by atomic mass is 32.2. The Hall–Kier alpha value is -1.07. The average molecular weight is 268 g/mol. The molecule has 0 bridgehead atoms. The average Bonchev–Trinajstić information content (AvgIpc) is 2.33. The molecule has 1 aromatic carbocycles. The van der Waals surface area contributed by atoms with Crippen LogP contribution in [0.1, 0.15) is 25.3 Å². The first kappa shape index (κ1) is 13.4. The van der Waals surface area contributed by atoms with E-state index in [4.69, 9.17) is 5.73 Å². The van der Waals surface area contributed by atoms with Crippen LogP contribution in [-0.2, 0) is 9.84 Å². The van der Waals surface area contributed by atoms with E-state index in [1.807, 2.05) is 18.2 Å². The fourth-order valence-electron chi connectivity index (χ4n) is 2.25. The summed E-state index contributed by atoms with van der Waals surface area (Å²) in [7, 11) is -3.13. The zero-order valence-corrected chi connectivity index (χ0v) is 11.7. The van der Waals surface area contributed by atoms with Gasteiger partial charge in [-0.15, -0.1) is 0 Å². The van der Waals surface area contributed by atoms with Crippen molar-refractivity contribution in [3.8, 4) is 0 Å². The van der Waals surface area contributed by atoms with Gasteiger partial charge in [0, 0.05) is 19.6 Å². The summed E-state index contributed by atoms with van der Waals surface area (Å²) in [5.74, 6) is 0.511. The quantitative estimate of drug-likeness (QED) is 0.899. The molecule has 4 nitrogen and oxygen atoms in total. The van der Waals surface area contributed by atoms with Gasteiger partial charge in [-0.25, -0.2) is 8.42 Å². The molecule has 1 aliphatic heterocycles. The van der Waals surface area contributed by atoms with Crippen molar-refractivity contribution in [1.82, 2.24) is 0 Å². The lowest BCUT2D eigenvalue weighted by atomic mass is 10.0. The van der Waals surface area contributed by atoms with Crippen molar-refractivity contribution in [2.75, 3.05) is 30.3 Å². The van der Waals surface area contributed by atoms with Gasteiger partial charge in [0.25, 0.3) is 0 Å². The topological polar surface area (TPSA) is 63.4 Å². The number of benzene rings is 1. The van der Waals surface area contributed by atoms with Crippen LogP contribution in [0.4, 0.5) is 5.69 Å². The van der Waals surface area contributed by atoms with Gasteiger partial charge >= 0.3 is 0 Å². The molecule has 0 saturated carbocycles. The molecule has 0 saturated heterocycles. The maximum Gasteiger partial charge on any atom is 0.182 e. The Balaban J connectivity index is 2.52. The second-order valence-electron chi connectivity index (χ2n) is 4.98. The van der Waals surface area contributed by atoms with Crippen LogP contribution in [0.15, 0.2) is 23.1 Å². The van der Waals surface area contributed by atoms with Gasteiger partial charge in [-0.2, -0.15) is 0 Å². The fraction of sp³-hybridized carbons (Fsp3) is 0.538. The van der Waals surface area contributed by atoms with Crippen LogP contribution in [0.5, 0.6) is 0 Å². The predicted octanol–water partition coefficient (Wildman–Crippen LogP) is 1.36. The van der Waals surface area contributed by atoms with Crippen molar-refractivity contribution in [1.29, 1.82) is 0 Å². The van der Waals surface area contributed by atoms with Gasteiger partial charge in [0.1, 0.15) is 0 Å². The number of hydrogen-bond acceptors (Lipinski definition) is 4. The molecule has 1 aliphatic rings. The van der Waals surface area contributed by atoms with Crippen LogP contribution >= 0.6 is 0 Å². The van der Waals surface area contributed by atoms with Crippen LogP contribution in [0.2, 0.25) is 0 Å². The van der Waals surface area contributed by atoms with Gasteiger partial charge in [0.15, 0.2) is 9.84 Å². The molecule has 0 aromatic heterocycles. The summed E-state index contributed by atoms with van der Waals surface area (Å²) in [6.07, 6.45) is 0. The molecule has 0 aliphatic carbocycles. The third-order valence-corrected chi connectivity index (χ3v) is 5.07. The first-order valence-corrected chi connectivity index (χ1v) is 7.92. The van der Waals surface area contributed by atoms with Gasteiger partial charge < -0.3 is 10.6 Å². The monoisotopic (exact) mass is 268 g/mol. The first-order chi connectivity index (χ1) is 8.45. The van der Waals surface area contributed by atoms with E-state index in [2.05, 4.69) is 18.7 Å². The largest absolute Gasteiger partial charge is 0.368 e.